The van der Waals surface area contributed by atoms with Crippen molar-refractivity contribution in [2.24, 2.45) is 0 Å². The highest BCUT2D eigenvalue weighted by Crippen LogP contribution is 2.33. The normalized spacial score (nSPS) is 11.1. The van der Waals surface area contributed by atoms with Gasteiger partial charge in [0.1, 0.15) is 0 Å². The third kappa shape index (κ3) is 1.44. The van der Waals surface area contributed by atoms with Crippen molar-refractivity contribution in [1.82, 2.24) is 0 Å². The summed E-state index contributed by atoms with van der Waals surface area (Å²) < 4.78 is 1.20. The fourth-order valence-corrected chi connectivity index (χ4v) is 2.98. The molecule has 0 unspecified atom stereocenters. The Morgan fingerprint density at radius 2 is 2.21 bits per heavy atom. The Morgan fingerprint density at radius 1 is 1.43 bits per heavy atom. The minimum absolute atomic E-state index is 0.0906. The highest BCUT2D eigenvalue weighted by Gasteiger charge is 2.09. The van der Waals surface area contributed by atoms with Crippen molar-refractivity contribution in [2.75, 3.05) is 0 Å². The number of aliphatic hydroxyl groups is 1. The van der Waals surface area contributed by atoms with Crippen LogP contribution in [0.3, 0.4) is 0 Å². The van der Waals surface area contributed by atoms with Gasteiger partial charge in [-0.1, -0.05) is 18.5 Å². The van der Waals surface area contributed by atoms with Crippen LogP contribution in [0, 0.1) is 0 Å². The van der Waals surface area contributed by atoms with E-state index in [1.165, 1.54) is 4.70 Å². The van der Waals surface area contributed by atoms with Gasteiger partial charge in [0.05, 0.1) is 6.61 Å². The molecule has 1 aromatic carbocycles. The minimum atomic E-state index is 0.0906. The summed E-state index contributed by atoms with van der Waals surface area (Å²) in [7, 11) is 0. The van der Waals surface area contributed by atoms with Crippen LogP contribution in [0.5, 0.6) is 0 Å². The molecule has 0 amide bonds. The fraction of sp³-hybridized carbons (Fsp3) is 0.273. The van der Waals surface area contributed by atoms with Gasteiger partial charge in [-0.3, -0.25) is 0 Å². The van der Waals surface area contributed by atoms with E-state index in [9.17, 15) is 5.11 Å². The van der Waals surface area contributed by atoms with E-state index < -0.39 is 0 Å². The molecule has 3 heteroatoms. The number of aliphatic hydroxyl groups excluding tert-OH is 1. The largest absolute Gasteiger partial charge is 0.392 e. The van der Waals surface area contributed by atoms with Gasteiger partial charge in [0.2, 0.25) is 0 Å². The quantitative estimate of drug-likeness (QED) is 0.830. The topological polar surface area (TPSA) is 20.2 Å². The summed E-state index contributed by atoms with van der Waals surface area (Å²) in [6.07, 6.45) is 0.903. The first-order chi connectivity index (χ1) is 6.77. The molecule has 0 saturated carbocycles. The lowest BCUT2D eigenvalue weighted by Crippen LogP contribution is -1.87. The number of thiophene rings is 1. The molecule has 0 saturated heterocycles. The Hall–Kier alpha value is -0.570. The van der Waals surface area contributed by atoms with Crippen molar-refractivity contribution in [3.05, 3.63) is 33.7 Å². The molecule has 0 atom stereocenters. The first-order valence-electron chi connectivity index (χ1n) is 4.56. The summed E-state index contributed by atoms with van der Waals surface area (Å²) in [6.45, 7) is 2.17. The van der Waals surface area contributed by atoms with Crippen LogP contribution in [-0.4, -0.2) is 5.11 Å². The number of rotatable bonds is 2. The van der Waals surface area contributed by atoms with Gasteiger partial charge in [-0.2, -0.15) is 0 Å². The lowest BCUT2D eigenvalue weighted by Gasteiger charge is -2.04. The Bertz CT molecular complexity index is 462. The van der Waals surface area contributed by atoms with Gasteiger partial charge in [0.25, 0.3) is 0 Å². The molecule has 1 heterocycles. The van der Waals surface area contributed by atoms with Crippen LogP contribution in [0.25, 0.3) is 10.1 Å². The van der Waals surface area contributed by atoms with Gasteiger partial charge in [0, 0.05) is 15.1 Å². The molecule has 0 fully saturated rings. The van der Waals surface area contributed by atoms with Crippen molar-refractivity contribution in [2.45, 2.75) is 20.0 Å². The van der Waals surface area contributed by atoms with Crippen molar-refractivity contribution in [1.29, 1.82) is 0 Å². The van der Waals surface area contributed by atoms with Crippen LogP contribution in [-0.2, 0) is 13.0 Å². The summed E-state index contributed by atoms with van der Waals surface area (Å²) >= 11 is 7.77. The Labute approximate surface area is 91.9 Å². The van der Waals surface area contributed by atoms with Crippen molar-refractivity contribution < 1.29 is 5.11 Å². The maximum Gasteiger partial charge on any atom is 0.0696 e. The van der Waals surface area contributed by atoms with E-state index in [4.69, 9.17) is 11.6 Å². The van der Waals surface area contributed by atoms with E-state index in [1.807, 2.05) is 17.5 Å². The van der Waals surface area contributed by atoms with Crippen molar-refractivity contribution in [3.8, 4) is 0 Å². The summed E-state index contributed by atoms with van der Waals surface area (Å²) in [6, 6.07) is 3.95. The van der Waals surface area contributed by atoms with E-state index in [2.05, 4.69) is 6.92 Å². The zero-order valence-electron chi connectivity index (χ0n) is 7.88. The number of fused-ring (bicyclic) bond motifs is 1. The van der Waals surface area contributed by atoms with Crippen LogP contribution in [0.2, 0.25) is 5.02 Å². The summed E-state index contributed by atoms with van der Waals surface area (Å²) in [5.41, 5.74) is 2.14. The zero-order valence-corrected chi connectivity index (χ0v) is 9.45. The van der Waals surface area contributed by atoms with Gasteiger partial charge in [-0.25, -0.2) is 0 Å². The molecule has 0 radical (unpaired) electrons. The molecule has 2 aromatic rings. The molecule has 0 spiro atoms. The average Bonchev–Trinajstić information content (AvgIpc) is 2.61. The molecule has 2 rings (SSSR count). The molecule has 0 bridgehead atoms. The van der Waals surface area contributed by atoms with E-state index >= 15 is 0 Å². The second kappa shape index (κ2) is 3.89. The van der Waals surface area contributed by atoms with Gasteiger partial charge in [-0.15, -0.1) is 11.3 Å². The Kier molecular flexibility index (Phi) is 2.77. The van der Waals surface area contributed by atoms with Gasteiger partial charge in [0.15, 0.2) is 0 Å². The molecule has 0 aliphatic heterocycles. The number of benzene rings is 1. The Balaban J connectivity index is 2.81. The van der Waals surface area contributed by atoms with E-state index in [0.29, 0.717) is 0 Å². The van der Waals surface area contributed by atoms with Crippen LogP contribution in [0.4, 0.5) is 0 Å². The molecule has 1 N–H and O–H groups in total. The number of hydrogen-bond donors (Lipinski definition) is 1. The van der Waals surface area contributed by atoms with Crippen molar-refractivity contribution in [3.63, 3.8) is 0 Å². The van der Waals surface area contributed by atoms with Gasteiger partial charge < -0.3 is 5.11 Å². The lowest BCUT2D eigenvalue weighted by molar-refractivity contribution is 0.283. The average molecular weight is 227 g/mol. The first kappa shape index (κ1) is 9.97. The fourth-order valence-electron chi connectivity index (χ4n) is 1.71. The van der Waals surface area contributed by atoms with Crippen LogP contribution >= 0.6 is 22.9 Å². The first-order valence-corrected chi connectivity index (χ1v) is 5.82. The summed E-state index contributed by atoms with van der Waals surface area (Å²) in [5, 5.41) is 13.1. The SMILES string of the molecule is CCc1c(Cl)ccc2scc(CO)c12. The molecule has 74 valence electrons. The molecule has 0 aliphatic rings. The molecule has 1 aromatic heterocycles. The van der Waals surface area contributed by atoms with Crippen LogP contribution in [0.15, 0.2) is 17.5 Å². The van der Waals surface area contributed by atoms with Crippen molar-refractivity contribution >= 4 is 33.0 Å². The zero-order chi connectivity index (χ0) is 10.1. The standard InChI is InChI=1S/C11H11ClOS/c1-2-8-9(12)3-4-10-11(8)7(5-13)6-14-10/h3-4,6,13H,2,5H2,1H3. The van der Waals surface area contributed by atoms with Gasteiger partial charge in [-0.05, 0) is 35.1 Å². The molecule has 1 nitrogen and oxygen atoms in total. The number of hydrogen-bond acceptors (Lipinski definition) is 2. The van der Waals surface area contributed by atoms with Gasteiger partial charge >= 0.3 is 0 Å². The van der Waals surface area contributed by atoms with E-state index in [0.717, 1.165) is 28.0 Å². The molecule has 14 heavy (non-hydrogen) atoms. The predicted molar refractivity (Wildman–Crippen MR) is 62.1 cm³/mol. The number of halogens is 1. The third-order valence-electron chi connectivity index (χ3n) is 2.39. The summed E-state index contributed by atoms with van der Waals surface area (Å²) in [4.78, 5) is 0. The maximum atomic E-state index is 9.20. The lowest BCUT2D eigenvalue weighted by atomic mass is 10.0. The smallest absolute Gasteiger partial charge is 0.0696 e. The Morgan fingerprint density at radius 3 is 2.86 bits per heavy atom. The molecular weight excluding hydrogens is 216 g/mol. The summed E-state index contributed by atoms with van der Waals surface area (Å²) in [5.74, 6) is 0. The highest BCUT2D eigenvalue weighted by molar-refractivity contribution is 7.17. The van der Waals surface area contributed by atoms with E-state index in [1.54, 1.807) is 11.3 Å². The third-order valence-corrected chi connectivity index (χ3v) is 3.74. The molecule has 0 aliphatic carbocycles. The second-order valence-electron chi connectivity index (χ2n) is 3.17. The van der Waals surface area contributed by atoms with Crippen LogP contribution in [0.1, 0.15) is 18.1 Å². The minimum Gasteiger partial charge on any atom is -0.392 e. The predicted octanol–water partition coefficient (Wildman–Crippen LogP) is 3.61. The molecular formula is C11H11ClOS. The van der Waals surface area contributed by atoms with E-state index in [-0.39, 0.29) is 6.61 Å². The maximum absolute atomic E-state index is 9.20. The number of aryl methyl sites for hydroxylation is 1. The second-order valence-corrected chi connectivity index (χ2v) is 4.49. The highest BCUT2D eigenvalue weighted by atomic mass is 35.5. The van der Waals surface area contributed by atoms with Crippen LogP contribution < -0.4 is 0 Å². The monoisotopic (exact) mass is 226 g/mol.